The Bertz CT molecular complexity index is 1410. The first kappa shape index (κ1) is 46.1. The molecule has 2 aliphatic heterocycles. The Morgan fingerprint density at radius 2 is 1.57 bits per heavy atom. The van der Waals surface area contributed by atoms with Gasteiger partial charge in [0.2, 0.25) is 29.5 Å². The van der Waals surface area contributed by atoms with Crippen LogP contribution in [0.4, 0.5) is 0 Å². The molecule has 2 heterocycles. The highest BCUT2D eigenvalue weighted by molar-refractivity contribution is 6.00. The lowest BCUT2D eigenvalue weighted by Gasteiger charge is -2.21. The van der Waals surface area contributed by atoms with Crippen molar-refractivity contribution < 1.29 is 44.2 Å². The van der Waals surface area contributed by atoms with Crippen LogP contribution in [0.25, 0.3) is 0 Å². The normalized spacial score (nSPS) is 17.4. The molecule has 15 heteroatoms. The fourth-order valence-electron chi connectivity index (χ4n) is 6.85. The number of ether oxygens (including phenoxy) is 1. The van der Waals surface area contributed by atoms with Crippen LogP contribution in [-0.4, -0.2) is 105 Å². The Morgan fingerprint density at radius 3 is 2.25 bits per heavy atom. The summed E-state index contributed by atoms with van der Waals surface area (Å²) in [6.07, 6.45) is 18.4. The molecule has 15 nitrogen and oxygen atoms in total. The van der Waals surface area contributed by atoms with Gasteiger partial charge in [0.25, 0.3) is 5.91 Å². The zero-order chi connectivity index (χ0) is 40.5. The highest BCUT2D eigenvalue weighted by Crippen LogP contribution is 2.21. The maximum atomic E-state index is 13.3. The van der Waals surface area contributed by atoms with Crippen LogP contribution in [-0.2, 0) is 28.7 Å². The molecule has 3 atom stereocenters. The summed E-state index contributed by atoms with van der Waals surface area (Å²) < 4.78 is 5.57. The summed E-state index contributed by atoms with van der Waals surface area (Å²) in [5.41, 5.74) is 0.338. The molecule has 0 unspecified atom stereocenters. The van der Waals surface area contributed by atoms with Crippen LogP contribution < -0.4 is 16.0 Å². The quantitative estimate of drug-likeness (QED) is 0.0389. The monoisotopic (exact) mass is 786 g/mol. The van der Waals surface area contributed by atoms with E-state index in [1.807, 2.05) is 0 Å². The van der Waals surface area contributed by atoms with Gasteiger partial charge >= 0.3 is 0 Å². The van der Waals surface area contributed by atoms with Gasteiger partial charge in [-0.25, -0.2) is 15.1 Å². The standard InChI is InChI=1S/C41H66N6O9/c1-2-3-4-5-6-7-8-9-10-11-12-13-14-25-37(50)46(54)28-19-17-22-32(44-39(52)34-30-56-40(45-34)31-21-15-16-24-35(31)48)38(51)42-27-26-36(49)43-33-23-18-20-29-47(55)41(33)53/h15-16,21,24,32-34,48,54-55H,2-14,17-20,22-23,25-30H2,1H3,(H,42,51)(H,43,49)(H,44,52)/t32-,33-,34-/m0/s1. The minimum absolute atomic E-state index is 0.0496. The molecule has 1 aromatic rings. The second-order valence-electron chi connectivity index (χ2n) is 15.0. The van der Waals surface area contributed by atoms with Gasteiger partial charge < -0.3 is 25.8 Å². The highest BCUT2D eigenvalue weighted by Gasteiger charge is 2.31. The molecule has 0 saturated carbocycles. The summed E-state index contributed by atoms with van der Waals surface area (Å²) in [6, 6.07) is 3.61. The average Bonchev–Trinajstić information content (AvgIpc) is 3.63. The van der Waals surface area contributed by atoms with E-state index in [0.29, 0.717) is 42.7 Å². The molecule has 1 aromatic carbocycles. The van der Waals surface area contributed by atoms with Gasteiger partial charge in [0.05, 0.1) is 5.56 Å². The van der Waals surface area contributed by atoms with Gasteiger partial charge in [-0.05, 0) is 57.1 Å². The van der Waals surface area contributed by atoms with Crippen molar-refractivity contribution in [1.29, 1.82) is 0 Å². The summed E-state index contributed by atoms with van der Waals surface area (Å²) in [5.74, 6) is -2.43. The Kier molecular flexibility index (Phi) is 21.9. The summed E-state index contributed by atoms with van der Waals surface area (Å²) in [4.78, 5) is 68.3. The van der Waals surface area contributed by atoms with Gasteiger partial charge in [-0.15, -0.1) is 0 Å². The van der Waals surface area contributed by atoms with Gasteiger partial charge in [-0.3, -0.25) is 34.4 Å². The molecule has 0 aromatic heterocycles. The van der Waals surface area contributed by atoms with Gasteiger partial charge in [-0.1, -0.05) is 96.1 Å². The highest BCUT2D eigenvalue weighted by atomic mass is 16.5. The smallest absolute Gasteiger partial charge is 0.268 e. The molecule has 0 aliphatic carbocycles. The first-order valence-electron chi connectivity index (χ1n) is 21.0. The number of carbonyl (C=O) groups excluding carboxylic acids is 5. The Balaban J connectivity index is 1.41. The molecular formula is C41H66N6O9. The number of nitrogens with zero attached hydrogens (tertiary/aromatic N) is 3. The van der Waals surface area contributed by atoms with Crippen molar-refractivity contribution in [1.82, 2.24) is 26.1 Å². The topological polar surface area (TPSA) is 210 Å². The fourth-order valence-corrected chi connectivity index (χ4v) is 6.85. The van der Waals surface area contributed by atoms with Crippen LogP contribution in [0, 0.1) is 0 Å². The van der Waals surface area contributed by atoms with Gasteiger partial charge in [0.15, 0.2) is 6.04 Å². The van der Waals surface area contributed by atoms with Crippen LogP contribution in [0.15, 0.2) is 29.3 Å². The SMILES string of the molecule is CCCCCCCCCCCCCCCC(=O)N(O)CCCC[C@H](NC(=O)[C@@H]1COC(c2ccccc2O)=N1)C(=O)NCCC(=O)N[C@H]1CCCCN(O)C1=O. The third-order valence-electron chi connectivity index (χ3n) is 10.3. The van der Waals surface area contributed by atoms with E-state index in [-0.39, 0.29) is 63.1 Å². The van der Waals surface area contributed by atoms with Crippen molar-refractivity contribution in [2.75, 3.05) is 26.2 Å². The predicted octanol–water partition coefficient (Wildman–Crippen LogP) is 5.28. The summed E-state index contributed by atoms with van der Waals surface area (Å²) in [6.45, 7) is 2.36. The van der Waals surface area contributed by atoms with Crippen LogP contribution in [0.2, 0.25) is 0 Å². The first-order valence-corrected chi connectivity index (χ1v) is 21.0. The average molecular weight is 787 g/mol. The van der Waals surface area contributed by atoms with Crippen LogP contribution in [0.3, 0.4) is 0 Å². The first-order chi connectivity index (χ1) is 27.1. The minimum atomic E-state index is -1.02. The number of hydroxylamine groups is 4. The molecule has 6 N–H and O–H groups in total. The number of phenolic OH excluding ortho intramolecular Hbond substituents is 1. The number of unbranched alkanes of at least 4 members (excludes halogenated alkanes) is 13. The summed E-state index contributed by atoms with van der Waals surface area (Å²) in [7, 11) is 0. The third-order valence-corrected chi connectivity index (χ3v) is 10.3. The molecule has 0 radical (unpaired) electrons. The molecule has 0 spiro atoms. The zero-order valence-electron chi connectivity index (χ0n) is 33.4. The van der Waals surface area contributed by atoms with E-state index < -0.39 is 41.8 Å². The number of amides is 5. The van der Waals surface area contributed by atoms with E-state index in [1.165, 1.54) is 63.9 Å². The summed E-state index contributed by atoms with van der Waals surface area (Å²) in [5, 5.41) is 39.7. The van der Waals surface area contributed by atoms with Crippen molar-refractivity contribution >= 4 is 35.4 Å². The molecule has 1 fully saturated rings. The molecule has 314 valence electrons. The molecule has 3 rings (SSSR count). The molecular weight excluding hydrogens is 720 g/mol. The zero-order valence-corrected chi connectivity index (χ0v) is 33.4. The van der Waals surface area contributed by atoms with Gasteiger partial charge in [0.1, 0.15) is 24.4 Å². The van der Waals surface area contributed by atoms with Gasteiger partial charge in [0, 0.05) is 32.5 Å². The maximum Gasteiger partial charge on any atom is 0.268 e. The van der Waals surface area contributed by atoms with E-state index in [9.17, 15) is 39.5 Å². The van der Waals surface area contributed by atoms with Crippen molar-refractivity contribution in [2.45, 2.75) is 160 Å². The largest absolute Gasteiger partial charge is 0.507 e. The van der Waals surface area contributed by atoms with E-state index in [1.54, 1.807) is 18.2 Å². The van der Waals surface area contributed by atoms with E-state index in [0.717, 1.165) is 30.7 Å². The third kappa shape index (κ3) is 17.3. The molecule has 2 aliphatic rings. The Labute approximate surface area is 331 Å². The lowest BCUT2D eigenvalue weighted by molar-refractivity contribution is -0.167. The number of benzene rings is 1. The number of phenols is 1. The number of aromatic hydroxyl groups is 1. The number of carbonyl (C=O) groups is 5. The van der Waals surface area contributed by atoms with E-state index in [4.69, 9.17) is 4.74 Å². The van der Waals surface area contributed by atoms with Crippen molar-refractivity contribution in [2.24, 2.45) is 4.99 Å². The van der Waals surface area contributed by atoms with Crippen molar-refractivity contribution in [3.8, 4) is 5.75 Å². The number of para-hydroxylation sites is 1. The second kappa shape index (κ2) is 26.6. The lowest BCUT2D eigenvalue weighted by Crippen LogP contribution is -2.50. The number of nitrogens with one attached hydrogen (secondary N) is 3. The molecule has 5 amide bonds. The van der Waals surface area contributed by atoms with Crippen molar-refractivity contribution in [3.05, 3.63) is 29.8 Å². The van der Waals surface area contributed by atoms with Crippen LogP contribution >= 0.6 is 0 Å². The van der Waals surface area contributed by atoms with Crippen LogP contribution in [0.1, 0.15) is 147 Å². The molecule has 56 heavy (non-hydrogen) atoms. The molecule has 0 bridgehead atoms. The fraction of sp³-hybridized carbons (Fsp3) is 0.707. The maximum absolute atomic E-state index is 13.3. The molecule has 1 saturated heterocycles. The van der Waals surface area contributed by atoms with E-state index in [2.05, 4.69) is 27.9 Å². The number of rotatable bonds is 27. The van der Waals surface area contributed by atoms with Gasteiger partial charge in [-0.2, -0.15) is 0 Å². The number of hydrogen-bond acceptors (Lipinski definition) is 10. The van der Waals surface area contributed by atoms with Crippen LogP contribution in [0.5, 0.6) is 5.75 Å². The number of aliphatic imine (C=N–C) groups is 1. The van der Waals surface area contributed by atoms with Crippen molar-refractivity contribution in [3.63, 3.8) is 0 Å². The Hall–Kier alpha value is -4.24. The minimum Gasteiger partial charge on any atom is -0.507 e. The Morgan fingerprint density at radius 1 is 0.911 bits per heavy atom. The second-order valence-corrected chi connectivity index (χ2v) is 15.0. The van der Waals surface area contributed by atoms with E-state index >= 15 is 0 Å². The number of hydrogen-bond donors (Lipinski definition) is 6. The lowest BCUT2D eigenvalue weighted by atomic mass is 10.0. The summed E-state index contributed by atoms with van der Waals surface area (Å²) >= 11 is 0. The predicted molar refractivity (Wildman–Crippen MR) is 211 cm³/mol.